The molecule has 1 aromatic carbocycles. The summed E-state index contributed by atoms with van der Waals surface area (Å²) in [6.07, 6.45) is 3.22. The molecule has 2 aromatic heterocycles. The standard InChI is InChI=1S/C20H23N5O3/c1-5-25(14(3)12-27-18-11-21-13(2)10-22-18)20(26)17-9-7-6-8-16(17)19-23-15(4)28-24-19/h6-11,14H,5,12H2,1-4H3/t14-/m0/s1. The van der Waals surface area contributed by atoms with Gasteiger partial charge in [-0.1, -0.05) is 23.4 Å². The fraction of sp³-hybridized carbons (Fsp3) is 0.350. The van der Waals surface area contributed by atoms with Crippen molar-refractivity contribution in [3.05, 3.63) is 53.8 Å². The van der Waals surface area contributed by atoms with Crippen LogP contribution in [0.25, 0.3) is 11.4 Å². The summed E-state index contributed by atoms with van der Waals surface area (Å²) in [6, 6.07) is 7.08. The van der Waals surface area contributed by atoms with Crippen LogP contribution in [0.2, 0.25) is 0 Å². The van der Waals surface area contributed by atoms with Crippen LogP contribution in [-0.2, 0) is 0 Å². The molecule has 3 aromatic rings. The zero-order chi connectivity index (χ0) is 20.1. The predicted molar refractivity (Wildman–Crippen MR) is 103 cm³/mol. The first-order valence-corrected chi connectivity index (χ1v) is 9.11. The van der Waals surface area contributed by atoms with E-state index in [9.17, 15) is 4.79 Å². The van der Waals surface area contributed by atoms with Crippen molar-refractivity contribution in [1.29, 1.82) is 0 Å². The molecule has 0 unspecified atom stereocenters. The van der Waals surface area contributed by atoms with Crippen molar-refractivity contribution in [2.75, 3.05) is 13.2 Å². The Labute approximate surface area is 163 Å². The quantitative estimate of drug-likeness (QED) is 0.621. The van der Waals surface area contributed by atoms with E-state index < -0.39 is 0 Å². The molecule has 0 N–H and O–H groups in total. The first-order valence-electron chi connectivity index (χ1n) is 9.11. The molecule has 0 saturated carbocycles. The number of ether oxygens (including phenoxy) is 1. The van der Waals surface area contributed by atoms with Gasteiger partial charge in [0, 0.05) is 19.0 Å². The summed E-state index contributed by atoms with van der Waals surface area (Å²) in [6.45, 7) is 8.28. The van der Waals surface area contributed by atoms with E-state index in [1.165, 1.54) is 0 Å². The Hall–Kier alpha value is -3.29. The minimum absolute atomic E-state index is 0.119. The lowest BCUT2D eigenvalue weighted by molar-refractivity contribution is 0.0647. The van der Waals surface area contributed by atoms with E-state index in [0.29, 0.717) is 41.9 Å². The van der Waals surface area contributed by atoms with Gasteiger partial charge in [0.1, 0.15) is 6.61 Å². The third-order valence-corrected chi connectivity index (χ3v) is 4.29. The Morgan fingerprint density at radius 1 is 1.21 bits per heavy atom. The van der Waals surface area contributed by atoms with Gasteiger partial charge in [-0.3, -0.25) is 9.78 Å². The summed E-state index contributed by atoms with van der Waals surface area (Å²) in [5, 5.41) is 3.95. The fourth-order valence-corrected chi connectivity index (χ4v) is 2.83. The van der Waals surface area contributed by atoms with E-state index in [0.717, 1.165) is 5.69 Å². The van der Waals surface area contributed by atoms with Gasteiger partial charge < -0.3 is 14.2 Å². The Balaban J connectivity index is 1.77. The third kappa shape index (κ3) is 4.33. The zero-order valence-electron chi connectivity index (χ0n) is 16.4. The van der Waals surface area contributed by atoms with Crippen LogP contribution in [0.3, 0.4) is 0 Å². The van der Waals surface area contributed by atoms with Gasteiger partial charge in [0.05, 0.1) is 29.7 Å². The lowest BCUT2D eigenvalue weighted by atomic mass is 10.0. The molecule has 1 atom stereocenters. The van der Waals surface area contributed by atoms with Crippen molar-refractivity contribution >= 4 is 5.91 Å². The van der Waals surface area contributed by atoms with E-state index in [1.54, 1.807) is 30.3 Å². The summed E-state index contributed by atoms with van der Waals surface area (Å²) < 4.78 is 10.8. The van der Waals surface area contributed by atoms with E-state index in [1.807, 2.05) is 39.0 Å². The van der Waals surface area contributed by atoms with Crippen LogP contribution in [0.1, 0.15) is 35.8 Å². The van der Waals surface area contributed by atoms with Crippen molar-refractivity contribution in [2.45, 2.75) is 33.7 Å². The van der Waals surface area contributed by atoms with E-state index in [-0.39, 0.29) is 11.9 Å². The SMILES string of the molecule is CCN(C(=O)c1ccccc1-c1noc(C)n1)[C@@H](C)COc1cnc(C)cn1. The molecule has 8 heteroatoms. The zero-order valence-corrected chi connectivity index (χ0v) is 16.4. The highest BCUT2D eigenvalue weighted by Crippen LogP contribution is 2.23. The van der Waals surface area contributed by atoms with Crippen LogP contribution in [0.4, 0.5) is 0 Å². The van der Waals surface area contributed by atoms with Crippen molar-refractivity contribution in [3.63, 3.8) is 0 Å². The minimum Gasteiger partial charge on any atom is -0.474 e. The van der Waals surface area contributed by atoms with Crippen LogP contribution in [-0.4, -0.2) is 50.1 Å². The Kier molecular flexibility index (Phi) is 5.98. The topological polar surface area (TPSA) is 94.2 Å². The van der Waals surface area contributed by atoms with Gasteiger partial charge >= 0.3 is 0 Å². The molecule has 0 aliphatic rings. The van der Waals surface area contributed by atoms with Gasteiger partial charge in [0.15, 0.2) is 0 Å². The maximum atomic E-state index is 13.2. The molecule has 0 aliphatic carbocycles. The highest BCUT2D eigenvalue weighted by atomic mass is 16.5. The predicted octanol–water partition coefficient (Wildman–Crippen LogP) is 3.07. The van der Waals surface area contributed by atoms with E-state index >= 15 is 0 Å². The number of rotatable bonds is 7. The van der Waals surface area contributed by atoms with Crippen molar-refractivity contribution < 1.29 is 14.1 Å². The molecule has 0 fully saturated rings. The lowest BCUT2D eigenvalue weighted by Crippen LogP contribution is -2.42. The second kappa shape index (κ2) is 8.60. The molecule has 0 saturated heterocycles. The molecule has 0 bridgehead atoms. The minimum atomic E-state index is -0.166. The molecule has 2 heterocycles. The number of amides is 1. The molecule has 3 rings (SSSR count). The van der Waals surface area contributed by atoms with Gasteiger partial charge in [-0.25, -0.2) is 4.98 Å². The number of nitrogens with zero attached hydrogens (tertiary/aromatic N) is 5. The first kappa shape index (κ1) is 19.5. The number of carbonyl (C=O) groups is 1. The molecule has 1 amide bonds. The number of carbonyl (C=O) groups excluding carboxylic acids is 1. The molecular weight excluding hydrogens is 358 g/mol. The lowest BCUT2D eigenvalue weighted by Gasteiger charge is -2.28. The van der Waals surface area contributed by atoms with Gasteiger partial charge in [-0.2, -0.15) is 4.98 Å². The second-order valence-electron chi connectivity index (χ2n) is 6.43. The van der Waals surface area contributed by atoms with Crippen molar-refractivity contribution in [3.8, 4) is 17.3 Å². The number of aromatic nitrogens is 4. The summed E-state index contributed by atoms with van der Waals surface area (Å²) in [7, 11) is 0. The molecular formula is C20H23N5O3. The second-order valence-corrected chi connectivity index (χ2v) is 6.43. The molecule has 28 heavy (non-hydrogen) atoms. The molecule has 8 nitrogen and oxygen atoms in total. The largest absolute Gasteiger partial charge is 0.474 e. The summed E-state index contributed by atoms with van der Waals surface area (Å²) in [4.78, 5) is 27.6. The molecule has 146 valence electrons. The van der Waals surface area contributed by atoms with E-state index in [2.05, 4.69) is 20.1 Å². The Morgan fingerprint density at radius 2 is 2.00 bits per heavy atom. The summed E-state index contributed by atoms with van der Waals surface area (Å²) in [5.74, 6) is 1.16. The molecule has 0 aliphatic heterocycles. The number of likely N-dealkylation sites (N-methyl/N-ethyl adjacent to an activating group) is 1. The molecule has 0 spiro atoms. The Morgan fingerprint density at radius 3 is 2.64 bits per heavy atom. The average molecular weight is 381 g/mol. The fourth-order valence-electron chi connectivity index (χ4n) is 2.83. The van der Waals surface area contributed by atoms with Gasteiger partial charge in [-0.15, -0.1) is 0 Å². The number of benzene rings is 1. The number of hydrogen-bond donors (Lipinski definition) is 0. The van der Waals surface area contributed by atoms with Crippen molar-refractivity contribution in [2.24, 2.45) is 0 Å². The van der Waals surface area contributed by atoms with Crippen LogP contribution in [0, 0.1) is 13.8 Å². The first-order chi connectivity index (χ1) is 13.5. The van der Waals surface area contributed by atoms with Crippen molar-refractivity contribution in [1.82, 2.24) is 25.0 Å². The van der Waals surface area contributed by atoms with E-state index in [4.69, 9.17) is 9.26 Å². The van der Waals surface area contributed by atoms with Gasteiger partial charge in [0.2, 0.25) is 17.6 Å². The number of aryl methyl sites for hydroxylation is 2. The van der Waals surface area contributed by atoms with Crippen LogP contribution < -0.4 is 4.74 Å². The van der Waals surface area contributed by atoms with Crippen LogP contribution >= 0.6 is 0 Å². The summed E-state index contributed by atoms with van der Waals surface area (Å²) in [5.41, 5.74) is 1.98. The highest BCUT2D eigenvalue weighted by Gasteiger charge is 2.24. The third-order valence-electron chi connectivity index (χ3n) is 4.29. The maximum absolute atomic E-state index is 13.2. The normalized spacial score (nSPS) is 11.9. The maximum Gasteiger partial charge on any atom is 0.254 e. The smallest absolute Gasteiger partial charge is 0.254 e. The average Bonchev–Trinajstić information content (AvgIpc) is 3.14. The number of hydrogen-bond acceptors (Lipinski definition) is 7. The van der Waals surface area contributed by atoms with Gasteiger partial charge in [0.25, 0.3) is 5.91 Å². The van der Waals surface area contributed by atoms with Gasteiger partial charge in [-0.05, 0) is 26.8 Å². The molecule has 0 radical (unpaired) electrons. The van der Waals surface area contributed by atoms with Crippen LogP contribution in [0.5, 0.6) is 5.88 Å². The summed E-state index contributed by atoms with van der Waals surface area (Å²) >= 11 is 0. The van der Waals surface area contributed by atoms with Crippen LogP contribution in [0.15, 0.2) is 41.2 Å². The Bertz CT molecular complexity index is 939. The highest BCUT2D eigenvalue weighted by molar-refractivity contribution is 6.00. The monoisotopic (exact) mass is 381 g/mol.